The van der Waals surface area contributed by atoms with Gasteiger partial charge in [0.2, 0.25) is 0 Å². The molecule has 0 bridgehead atoms. The molecule has 1 fully saturated rings. The van der Waals surface area contributed by atoms with Crippen LogP contribution in [0.2, 0.25) is 0 Å². The Bertz CT molecular complexity index is 222. The van der Waals surface area contributed by atoms with Crippen LogP contribution < -0.4 is 0 Å². The van der Waals surface area contributed by atoms with Crippen molar-refractivity contribution in [1.29, 1.82) is 0 Å². The van der Waals surface area contributed by atoms with Gasteiger partial charge in [-0.25, -0.2) is 0 Å². The number of methoxy groups -OCH3 is 1. The van der Waals surface area contributed by atoms with Gasteiger partial charge in [0.15, 0.2) is 0 Å². The highest BCUT2D eigenvalue weighted by molar-refractivity contribution is 5.72. The van der Waals surface area contributed by atoms with Crippen LogP contribution in [-0.2, 0) is 14.4 Å². The van der Waals surface area contributed by atoms with Gasteiger partial charge >= 0.3 is 5.97 Å². The van der Waals surface area contributed by atoms with Crippen LogP contribution in [0.3, 0.4) is 0 Å². The summed E-state index contributed by atoms with van der Waals surface area (Å²) in [4.78, 5) is 25.6. The predicted octanol–water partition coefficient (Wildman–Crippen LogP) is 0.926. The Kier molecular flexibility index (Phi) is 3.67. The maximum Gasteiger partial charge on any atom is 0.308 e. The molecule has 1 rings (SSSR count). The molecular weight excluding hydrogens is 190 g/mol. The van der Waals surface area contributed by atoms with Gasteiger partial charge in [0, 0.05) is 0 Å². The molecule has 0 atom stereocenters. The fraction of sp³-hybridized carbons (Fsp3) is 0.875. The molecule has 0 aromatic rings. The first-order valence-corrected chi connectivity index (χ1v) is 4.52. The Morgan fingerprint density at radius 3 is 2.36 bits per heavy atom. The molecule has 80 valence electrons. The molecule has 1 aliphatic rings. The van der Waals surface area contributed by atoms with Crippen molar-refractivity contribution in [3.63, 3.8) is 0 Å². The summed E-state index contributed by atoms with van der Waals surface area (Å²) in [7, 11) is 1.35. The van der Waals surface area contributed by atoms with Crippen LogP contribution in [0.4, 0.5) is 0 Å². The average Bonchev–Trinajstić information content (AvgIpc) is 2.17. The van der Waals surface area contributed by atoms with Crippen LogP contribution in [-0.4, -0.2) is 24.3 Å². The number of rotatable bonds is 3. The lowest BCUT2D eigenvalue weighted by Crippen LogP contribution is -2.28. The van der Waals surface area contributed by atoms with Gasteiger partial charge < -0.3 is 9.57 Å². The minimum atomic E-state index is -0.775. The summed E-state index contributed by atoms with van der Waals surface area (Å²) >= 11 is 0. The topological polar surface area (TPSA) is 78.7 Å². The Morgan fingerprint density at radius 1 is 1.36 bits per heavy atom. The number of carbonyl (C=O) groups is 1. The summed E-state index contributed by atoms with van der Waals surface area (Å²) in [5.41, 5.74) is 0. The van der Waals surface area contributed by atoms with Gasteiger partial charge in [-0.2, -0.15) is 0 Å². The van der Waals surface area contributed by atoms with Gasteiger partial charge in [0.25, 0.3) is 5.09 Å². The van der Waals surface area contributed by atoms with E-state index in [-0.39, 0.29) is 18.0 Å². The predicted molar refractivity (Wildman–Crippen MR) is 45.8 cm³/mol. The van der Waals surface area contributed by atoms with Crippen LogP contribution in [0.15, 0.2) is 0 Å². The summed E-state index contributed by atoms with van der Waals surface area (Å²) in [5, 5.41) is 9.26. The van der Waals surface area contributed by atoms with E-state index in [4.69, 9.17) is 0 Å². The normalized spacial score (nSPS) is 26.6. The molecule has 0 heterocycles. The molecule has 0 amide bonds. The van der Waals surface area contributed by atoms with Crippen molar-refractivity contribution in [2.75, 3.05) is 7.11 Å². The third kappa shape index (κ3) is 2.86. The SMILES string of the molecule is COC(=O)C1CCC(O[N+](=O)[O-])CC1. The molecule has 0 aliphatic heterocycles. The largest absolute Gasteiger partial charge is 0.469 e. The van der Waals surface area contributed by atoms with E-state index < -0.39 is 5.09 Å². The van der Waals surface area contributed by atoms with Crippen molar-refractivity contribution < 1.29 is 19.5 Å². The molecule has 1 saturated carbocycles. The first kappa shape index (κ1) is 10.7. The van der Waals surface area contributed by atoms with E-state index in [2.05, 4.69) is 9.57 Å². The summed E-state index contributed by atoms with van der Waals surface area (Å²) in [5.74, 6) is -0.351. The standard InChI is InChI=1S/C8H13NO5/c1-13-8(10)6-2-4-7(5-3-6)14-9(11)12/h6-7H,2-5H2,1H3. The number of carbonyl (C=O) groups excluding carboxylic acids is 1. The molecule has 0 aromatic carbocycles. The van der Waals surface area contributed by atoms with E-state index in [0.29, 0.717) is 25.7 Å². The van der Waals surface area contributed by atoms with E-state index in [1.165, 1.54) is 7.11 Å². The fourth-order valence-corrected chi connectivity index (χ4v) is 1.69. The number of nitrogens with zero attached hydrogens (tertiary/aromatic N) is 1. The third-order valence-electron chi connectivity index (χ3n) is 2.44. The van der Waals surface area contributed by atoms with Crippen LogP contribution in [0.5, 0.6) is 0 Å². The zero-order valence-electron chi connectivity index (χ0n) is 7.97. The molecule has 1 aliphatic carbocycles. The maximum absolute atomic E-state index is 11.1. The Hall–Kier alpha value is -1.33. The summed E-state index contributed by atoms with van der Waals surface area (Å²) in [6.45, 7) is 0. The summed E-state index contributed by atoms with van der Waals surface area (Å²) < 4.78 is 4.59. The first-order valence-electron chi connectivity index (χ1n) is 4.52. The molecule has 14 heavy (non-hydrogen) atoms. The minimum absolute atomic E-state index is 0.119. The summed E-state index contributed by atoms with van der Waals surface area (Å²) in [6, 6.07) is 0. The lowest BCUT2D eigenvalue weighted by atomic mass is 9.87. The lowest BCUT2D eigenvalue weighted by Gasteiger charge is -2.24. The maximum atomic E-state index is 11.1. The van der Waals surface area contributed by atoms with Gasteiger partial charge in [-0.05, 0) is 25.7 Å². The van der Waals surface area contributed by atoms with Crippen molar-refractivity contribution in [1.82, 2.24) is 0 Å². The molecule has 0 spiro atoms. The number of hydrogen-bond donors (Lipinski definition) is 0. The molecular formula is C8H13NO5. The molecule has 0 N–H and O–H groups in total. The van der Waals surface area contributed by atoms with Crippen molar-refractivity contribution in [2.24, 2.45) is 5.92 Å². The number of hydrogen-bond acceptors (Lipinski definition) is 5. The fourth-order valence-electron chi connectivity index (χ4n) is 1.69. The molecule has 0 saturated heterocycles. The second-order valence-corrected chi connectivity index (χ2v) is 3.33. The average molecular weight is 203 g/mol. The van der Waals surface area contributed by atoms with Gasteiger partial charge in [-0.3, -0.25) is 4.79 Å². The van der Waals surface area contributed by atoms with E-state index >= 15 is 0 Å². The minimum Gasteiger partial charge on any atom is -0.469 e. The second-order valence-electron chi connectivity index (χ2n) is 3.33. The Labute approximate surface area is 81.3 Å². The third-order valence-corrected chi connectivity index (χ3v) is 2.44. The Morgan fingerprint density at radius 2 is 1.93 bits per heavy atom. The molecule has 0 radical (unpaired) electrons. The zero-order valence-corrected chi connectivity index (χ0v) is 7.97. The van der Waals surface area contributed by atoms with Gasteiger partial charge in [0.1, 0.15) is 6.10 Å². The molecule has 6 heteroatoms. The van der Waals surface area contributed by atoms with Crippen LogP contribution in [0, 0.1) is 16.0 Å². The molecule has 6 nitrogen and oxygen atoms in total. The number of esters is 1. The van der Waals surface area contributed by atoms with E-state index in [0.717, 1.165) is 0 Å². The van der Waals surface area contributed by atoms with Gasteiger partial charge in [-0.15, -0.1) is 10.1 Å². The lowest BCUT2D eigenvalue weighted by molar-refractivity contribution is -0.769. The van der Waals surface area contributed by atoms with E-state index in [1.807, 2.05) is 0 Å². The second kappa shape index (κ2) is 4.78. The molecule has 0 aromatic heterocycles. The van der Waals surface area contributed by atoms with Crippen LogP contribution in [0.25, 0.3) is 0 Å². The first-order chi connectivity index (χ1) is 6.63. The highest BCUT2D eigenvalue weighted by Crippen LogP contribution is 2.26. The van der Waals surface area contributed by atoms with Crippen LogP contribution >= 0.6 is 0 Å². The van der Waals surface area contributed by atoms with Crippen molar-refractivity contribution in [2.45, 2.75) is 31.8 Å². The summed E-state index contributed by atoms with van der Waals surface area (Å²) in [6.07, 6.45) is 1.93. The quantitative estimate of drug-likeness (QED) is 0.387. The Balaban J connectivity index is 2.31. The van der Waals surface area contributed by atoms with Gasteiger partial charge in [0.05, 0.1) is 13.0 Å². The zero-order chi connectivity index (χ0) is 10.6. The molecule has 0 unspecified atom stereocenters. The monoisotopic (exact) mass is 203 g/mol. The number of ether oxygens (including phenoxy) is 1. The van der Waals surface area contributed by atoms with Crippen LogP contribution in [0.1, 0.15) is 25.7 Å². The van der Waals surface area contributed by atoms with Gasteiger partial charge in [-0.1, -0.05) is 0 Å². The highest BCUT2D eigenvalue weighted by Gasteiger charge is 2.28. The van der Waals surface area contributed by atoms with Crippen molar-refractivity contribution in [3.05, 3.63) is 10.1 Å². The smallest absolute Gasteiger partial charge is 0.308 e. The highest BCUT2D eigenvalue weighted by atomic mass is 17.0. The van der Waals surface area contributed by atoms with E-state index in [1.54, 1.807) is 0 Å². The van der Waals surface area contributed by atoms with Crippen molar-refractivity contribution >= 4 is 5.97 Å². The van der Waals surface area contributed by atoms with Crippen molar-refractivity contribution in [3.8, 4) is 0 Å². The van der Waals surface area contributed by atoms with E-state index in [9.17, 15) is 14.9 Å².